The second kappa shape index (κ2) is 12.8. The maximum absolute atomic E-state index is 12.0. The van der Waals surface area contributed by atoms with E-state index in [1.165, 1.54) is 61.1 Å². The molecule has 3 aromatic carbocycles. The Morgan fingerprint density at radius 3 is 2.39 bits per heavy atom. The minimum Gasteiger partial charge on any atom is -0.497 e. The van der Waals surface area contributed by atoms with Gasteiger partial charge in [0.05, 0.1) is 22.6 Å². The van der Waals surface area contributed by atoms with Crippen molar-refractivity contribution in [2.45, 2.75) is 50.5 Å². The van der Waals surface area contributed by atoms with Crippen LogP contribution in [-0.4, -0.2) is 34.1 Å². The normalized spacial score (nSPS) is 14.7. The first-order valence-corrected chi connectivity index (χ1v) is 14.4. The van der Waals surface area contributed by atoms with Gasteiger partial charge in [-0.15, -0.1) is 5.11 Å². The number of aromatic nitrogens is 1. The number of azo groups is 1. The number of nitrogens with zero attached hydrogens (tertiary/aromatic N) is 4. The van der Waals surface area contributed by atoms with E-state index in [1.54, 1.807) is 19.2 Å². The Morgan fingerprint density at radius 2 is 1.73 bits per heavy atom. The van der Waals surface area contributed by atoms with Gasteiger partial charge in [-0.2, -0.15) is 5.11 Å². The van der Waals surface area contributed by atoms with E-state index >= 15 is 0 Å². The maximum Gasteiger partial charge on any atom is 0.330 e. The molecule has 9 nitrogen and oxygen atoms in total. The van der Waals surface area contributed by atoms with E-state index < -0.39 is 16.9 Å². The van der Waals surface area contributed by atoms with Gasteiger partial charge in [-0.3, -0.25) is 10.1 Å². The molecular formula is C31H30N4O5S. The summed E-state index contributed by atoms with van der Waals surface area (Å²) in [6, 6.07) is 20.9. The minimum absolute atomic E-state index is 0.149. The lowest BCUT2D eigenvalue weighted by atomic mass is 9.84. The molecule has 0 bridgehead atoms. The largest absolute Gasteiger partial charge is 0.497 e. The fraction of sp³-hybridized carbons (Fsp3) is 0.290. The van der Waals surface area contributed by atoms with Crippen LogP contribution < -0.4 is 4.74 Å². The van der Waals surface area contributed by atoms with E-state index in [9.17, 15) is 20.0 Å². The number of hydrogen-bond acceptors (Lipinski definition) is 8. The first kappa shape index (κ1) is 28.1. The first-order valence-electron chi connectivity index (χ1n) is 13.5. The van der Waals surface area contributed by atoms with Crippen LogP contribution in [-0.2, 0) is 11.2 Å². The molecule has 1 atom stereocenters. The molecule has 5 rings (SSSR count). The number of ether oxygens (including phenoxy) is 1. The lowest BCUT2D eigenvalue weighted by molar-refractivity contribution is -0.385. The summed E-state index contributed by atoms with van der Waals surface area (Å²) < 4.78 is 5.31. The lowest BCUT2D eigenvalue weighted by Gasteiger charge is -2.22. The molecule has 0 aliphatic heterocycles. The molecule has 0 radical (unpaired) electrons. The molecule has 4 aromatic rings. The summed E-state index contributed by atoms with van der Waals surface area (Å²) in [5.41, 5.74) is 4.06. The zero-order valence-corrected chi connectivity index (χ0v) is 23.4. The van der Waals surface area contributed by atoms with Gasteiger partial charge in [0, 0.05) is 23.6 Å². The average molecular weight is 571 g/mol. The van der Waals surface area contributed by atoms with Gasteiger partial charge in [0.25, 0.3) is 5.69 Å². The highest BCUT2D eigenvalue weighted by atomic mass is 32.1. The SMILES string of the molecule is COc1ccc(-c2sc(N=NC(Cc3ccccc3[N+](=O)[O-])C(=O)O)nc2-c2ccc(C3CCCCC3)cc2)cc1. The Kier molecular flexibility index (Phi) is 8.79. The van der Waals surface area contributed by atoms with Crippen LogP contribution in [0.3, 0.4) is 0 Å². The van der Waals surface area contributed by atoms with Gasteiger partial charge in [0.15, 0.2) is 6.04 Å². The van der Waals surface area contributed by atoms with E-state index in [2.05, 4.69) is 34.5 Å². The molecule has 1 fully saturated rings. The topological polar surface area (TPSA) is 127 Å². The maximum atomic E-state index is 12.0. The van der Waals surface area contributed by atoms with E-state index in [1.807, 2.05) is 24.3 Å². The molecule has 1 aromatic heterocycles. The number of aliphatic carboxylic acids is 1. The van der Waals surface area contributed by atoms with Gasteiger partial charge in [-0.25, -0.2) is 9.78 Å². The standard InChI is InChI=1S/C31H30N4O5S/c1-40-25-17-15-23(16-18-25)29-28(22-13-11-21(12-14-22)20-7-3-2-4-8-20)32-31(41-29)34-33-26(30(36)37)19-24-9-5-6-10-27(24)35(38)39/h5-6,9-18,20,26H,2-4,7-8,19H2,1H3,(H,36,37). The van der Waals surface area contributed by atoms with Crippen molar-refractivity contribution in [1.29, 1.82) is 0 Å². The van der Waals surface area contributed by atoms with Gasteiger partial charge >= 0.3 is 5.97 Å². The van der Waals surface area contributed by atoms with Crippen molar-refractivity contribution in [3.8, 4) is 27.4 Å². The van der Waals surface area contributed by atoms with Crippen molar-refractivity contribution in [3.05, 3.63) is 94.0 Å². The summed E-state index contributed by atoms with van der Waals surface area (Å²) in [7, 11) is 1.61. The first-order chi connectivity index (χ1) is 19.9. The number of thiazole rings is 1. The van der Waals surface area contributed by atoms with E-state index in [0.717, 1.165) is 27.4 Å². The van der Waals surface area contributed by atoms with Crippen LogP contribution in [0.2, 0.25) is 0 Å². The number of hydrogen-bond donors (Lipinski definition) is 1. The van der Waals surface area contributed by atoms with Crippen LogP contribution in [0.1, 0.15) is 49.1 Å². The summed E-state index contributed by atoms with van der Waals surface area (Å²) >= 11 is 1.31. The van der Waals surface area contributed by atoms with Crippen LogP contribution in [0.25, 0.3) is 21.7 Å². The molecule has 1 aliphatic carbocycles. The van der Waals surface area contributed by atoms with Crippen LogP contribution in [0, 0.1) is 10.1 Å². The zero-order valence-electron chi connectivity index (χ0n) is 22.6. The fourth-order valence-corrected chi connectivity index (χ4v) is 6.12. The second-order valence-corrected chi connectivity index (χ2v) is 11.0. The zero-order chi connectivity index (χ0) is 28.8. The number of rotatable bonds is 10. The third kappa shape index (κ3) is 6.66. The molecular weight excluding hydrogens is 540 g/mol. The molecule has 1 N–H and O–H groups in total. The number of para-hydroxylation sites is 1. The number of methoxy groups -OCH3 is 1. The molecule has 1 unspecified atom stereocenters. The van der Waals surface area contributed by atoms with Gasteiger partial charge in [0.1, 0.15) is 5.75 Å². The molecule has 41 heavy (non-hydrogen) atoms. The summed E-state index contributed by atoms with van der Waals surface area (Å²) in [6.07, 6.45) is 6.11. The summed E-state index contributed by atoms with van der Waals surface area (Å²) in [4.78, 5) is 28.5. The molecule has 10 heteroatoms. The molecule has 1 saturated carbocycles. The number of benzene rings is 3. The predicted molar refractivity (Wildman–Crippen MR) is 158 cm³/mol. The van der Waals surface area contributed by atoms with E-state index in [4.69, 9.17) is 9.72 Å². The van der Waals surface area contributed by atoms with Gasteiger partial charge in [0.2, 0.25) is 5.13 Å². The van der Waals surface area contributed by atoms with Crippen LogP contribution in [0.5, 0.6) is 5.75 Å². The summed E-state index contributed by atoms with van der Waals surface area (Å²) in [5, 5.41) is 29.8. The Bertz CT molecular complexity index is 1540. The van der Waals surface area contributed by atoms with Crippen molar-refractivity contribution < 1.29 is 19.6 Å². The monoisotopic (exact) mass is 570 g/mol. The van der Waals surface area contributed by atoms with Gasteiger partial charge in [-0.05, 0) is 54.2 Å². The highest BCUT2D eigenvalue weighted by Gasteiger charge is 2.23. The van der Waals surface area contributed by atoms with Crippen molar-refractivity contribution in [1.82, 2.24) is 4.98 Å². The molecule has 0 spiro atoms. The van der Waals surface area contributed by atoms with E-state index in [-0.39, 0.29) is 17.7 Å². The number of nitro benzene ring substituents is 1. The highest BCUT2D eigenvalue weighted by molar-refractivity contribution is 7.19. The smallest absolute Gasteiger partial charge is 0.330 e. The third-order valence-electron chi connectivity index (χ3n) is 7.40. The van der Waals surface area contributed by atoms with Gasteiger partial charge in [-0.1, -0.05) is 73.1 Å². The Hall–Kier alpha value is -4.44. The fourth-order valence-electron chi connectivity index (χ4n) is 5.20. The predicted octanol–water partition coefficient (Wildman–Crippen LogP) is 8.22. The number of carboxylic acids is 1. The van der Waals surface area contributed by atoms with Crippen molar-refractivity contribution in [3.63, 3.8) is 0 Å². The Morgan fingerprint density at radius 1 is 1.05 bits per heavy atom. The Labute approximate surface area is 241 Å². The number of carboxylic acid groups (broad SMARTS) is 1. The van der Waals surface area contributed by atoms with Crippen molar-refractivity contribution >= 4 is 28.1 Å². The van der Waals surface area contributed by atoms with E-state index in [0.29, 0.717) is 11.0 Å². The second-order valence-electron chi connectivity index (χ2n) is 10.0. The highest BCUT2D eigenvalue weighted by Crippen LogP contribution is 2.42. The molecule has 1 heterocycles. The van der Waals surface area contributed by atoms with Crippen LogP contribution in [0.4, 0.5) is 10.8 Å². The summed E-state index contributed by atoms with van der Waals surface area (Å²) in [6.45, 7) is 0. The van der Waals surface area contributed by atoms with Gasteiger partial charge < -0.3 is 9.84 Å². The Balaban J connectivity index is 1.47. The quantitative estimate of drug-likeness (QED) is 0.116. The number of carbonyl (C=O) groups is 1. The van der Waals surface area contributed by atoms with Crippen molar-refractivity contribution in [2.75, 3.05) is 7.11 Å². The number of nitro groups is 1. The molecule has 210 valence electrons. The summed E-state index contributed by atoms with van der Waals surface area (Å²) in [5.74, 6) is 0.0975. The van der Waals surface area contributed by atoms with Crippen molar-refractivity contribution in [2.24, 2.45) is 10.2 Å². The van der Waals surface area contributed by atoms with Crippen LogP contribution in [0.15, 0.2) is 83.0 Å². The molecule has 0 amide bonds. The molecule has 0 saturated heterocycles. The lowest BCUT2D eigenvalue weighted by Crippen LogP contribution is -2.20. The average Bonchev–Trinajstić information content (AvgIpc) is 3.44. The third-order valence-corrected chi connectivity index (χ3v) is 8.39. The minimum atomic E-state index is -1.30. The molecule has 1 aliphatic rings. The van der Waals surface area contributed by atoms with Crippen LogP contribution >= 0.6 is 11.3 Å².